The number of fused-ring (bicyclic) bond motifs is 1. The van der Waals surface area contributed by atoms with Crippen molar-refractivity contribution >= 4 is 17.4 Å². The summed E-state index contributed by atoms with van der Waals surface area (Å²) in [7, 11) is 0. The van der Waals surface area contributed by atoms with Gasteiger partial charge < -0.3 is 10.6 Å². The fourth-order valence-corrected chi connectivity index (χ4v) is 3.99. The molecule has 2 aliphatic heterocycles. The van der Waals surface area contributed by atoms with E-state index in [9.17, 15) is 4.79 Å². The number of thiazole rings is 1. The third-order valence-electron chi connectivity index (χ3n) is 4.24. The lowest BCUT2D eigenvalue weighted by Gasteiger charge is -2.32. The average molecular weight is 294 g/mol. The normalized spacial score (nSPS) is 26.2. The van der Waals surface area contributed by atoms with E-state index in [1.165, 1.54) is 25.8 Å². The number of carbonyl (C=O) groups is 1. The first-order valence-electron chi connectivity index (χ1n) is 7.42. The van der Waals surface area contributed by atoms with E-state index in [0.717, 1.165) is 23.7 Å². The van der Waals surface area contributed by atoms with Crippen LogP contribution in [0, 0.1) is 6.92 Å². The topological polar surface area (TPSA) is 57.3 Å². The zero-order chi connectivity index (χ0) is 13.9. The number of aryl methyl sites for hydroxylation is 1. The molecular weight excluding hydrogens is 272 g/mol. The number of rotatable bonds is 3. The third-order valence-corrected chi connectivity index (χ3v) is 5.21. The van der Waals surface area contributed by atoms with Crippen LogP contribution in [0.1, 0.15) is 36.4 Å². The first-order chi connectivity index (χ1) is 9.72. The summed E-state index contributed by atoms with van der Waals surface area (Å²) in [5, 5.41) is 9.02. The Hall–Kier alpha value is -1.14. The van der Waals surface area contributed by atoms with Gasteiger partial charge in [0.1, 0.15) is 5.01 Å². The van der Waals surface area contributed by atoms with Crippen LogP contribution in [0.15, 0.2) is 5.38 Å². The Kier molecular flexibility index (Phi) is 4.21. The maximum atomic E-state index is 12.0. The van der Waals surface area contributed by atoms with Gasteiger partial charge in [-0.25, -0.2) is 9.78 Å². The Balaban J connectivity index is 1.46. The summed E-state index contributed by atoms with van der Waals surface area (Å²) < 4.78 is 0. The lowest BCUT2D eigenvalue weighted by molar-refractivity contribution is 0.179. The van der Waals surface area contributed by atoms with Gasteiger partial charge in [0, 0.05) is 29.7 Å². The predicted molar refractivity (Wildman–Crippen MR) is 79.8 cm³/mol. The molecule has 110 valence electrons. The summed E-state index contributed by atoms with van der Waals surface area (Å²) in [6.45, 7) is 4.81. The van der Waals surface area contributed by atoms with Crippen LogP contribution in [0.2, 0.25) is 0 Å². The van der Waals surface area contributed by atoms with E-state index in [1.807, 2.05) is 12.3 Å². The Bertz CT molecular complexity index is 475. The van der Waals surface area contributed by atoms with Crippen molar-refractivity contribution in [3.8, 4) is 0 Å². The Labute approximate surface area is 123 Å². The zero-order valence-electron chi connectivity index (χ0n) is 11.9. The minimum atomic E-state index is -0.0599. The highest BCUT2D eigenvalue weighted by molar-refractivity contribution is 7.09. The van der Waals surface area contributed by atoms with Gasteiger partial charge >= 0.3 is 6.03 Å². The number of hydrogen-bond donors (Lipinski definition) is 2. The summed E-state index contributed by atoms with van der Waals surface area (Å²) in [5.74, 6) is 0. The molecule has 2 amide bonds. The maximum absolute atomic E-state index is 12.0. The molecule has 0 unspecified atom stereocenters. The molecule has 0 spiro atoms. The van der Waals surface area contributed by atoms with Crippen molar-refractivity contribution in [3.63, 3.8) is 0 Å². The van der Waals surface area contributed by atoms with Crippen LogP contribution in [0.4, 0.5) is 4.79 Å². The molecule has 2 N–H and O–H groups in total. The van der Waals surface area contributed by atoms with Crippen molar-refractivity contribution in [1.82, 2.24) is 20.5 Å². The van der Waals surface area contributed by atoms with Gasteiger partial charge in [-0.15, -0.1) is 11.3 Å². The van der Waals surface area contributed by atoms with Crippen molar-refractivity contribution in [3.05, 3.63) is 16.1 Å². The number of carbonyl (C=O) groups excluding carboxylic acids is 1. The van der Waals surface area contributed by atoms with E-state index in [4.69, 9.17) is 0 Å². The summed E-state index contributed by atoms with van der Waals surface area (Å²) in [6, 6.07) is 0.806. The molecule has 2 fully saturated rings. The van der Waals surface area contributed by atoms with Crippen molar-refractivity contribution in [2.45, 2.75) is 51.2 Å². The molecule has 20 heavy (non-hydrogen) atoms. The Morgan fingerprint density at radius 3 is 3.15 bits per heavy atom. The summed E-state index contributed by atoms with van der Waals surface area (Å²) >= 11 is 1.59. The van der Waals surface area contributed by atoms with Gasteiger partial charge in [-0.3, -0.25) is 4.90 Å². The molecule has 6 heteroatoms. The van der Waals surface area contributed by atoms with Crippen LogP contribution in [0.3, 0.4) is 0 Å². The molecular formula is C14H22N4OS. The largest absolute Gasteiger partial charge is 0.334 e. The van der Waals surface area contributed by atoms with Gasteiger partial charge in [0.25, 0.3) is 0 Å². The van der Waals surface area contributed by atoms with E-state index in [2.05, 4.69) is 20.5 Å². The summed E-state index contributed by atoms with van der Waals surface area (Å²) in [4.78, 5) is 18.9. The molecule has 3 rings (SSSR count). The molecule has 2 saturated heterocycles. The quantitative estimate of drug-likeness (QED) is 0.895. The molecule has 0 radical (unpaired) electrons. The smallest absolute Gasteiger partial charge is 0.315 e. The fourth-order valence-electron chi connectivity index (χ4n) is 3.27. The fraction of sp³-hybridized carbons (Fsp3) is 0.714. The van der Waals surface area contributed by atoms with E-state index < -0.39 is 0 Å². The van der Waals surface area contributed by atoms with Gasteiger partial charge in [0.05, 0.1) is 6.54 Å². The zero-order valence-corrected chi connectivity index (χ0v) is 12.7. The first kappa shape index (κ1) is 13.8. The molecule has 0 bridgehead atoms. The number of nitrogens with zero attached hydrogens (tertiary/aromatic N) is 2. The number of aromatic nitrogens is 1. The highest BCUT2D eigenvalue weighted by atomic mass is 32.1. The molecule has 0 aliphatic carbocycles. The van der Waals surface area contributed by atoms with Gasteiger partial charge in [-0.2, -0.15) is 0 Å². The van der Waals surface area contributed by atoms with E-state index >= 15 is 0 Å². The van der Waals surface area contributed by atoms with Crippen LogP contribution in [0.25, 0.3) is 0 Å². The summed E-state index contributed by atoms with van der Waals surface area (Å²) in [5.41, 5.74) is 1.01. The van der Waals surface area contributed by atoms with Crippen LogP contribution in [-0.4, -0.2) is 41.1 Å². The Morgan fingerprint density at radius 1 is 1.45 bits per heavy atom. The minimum absolute atomic E-state index is 0.0599. The second-order valence-electron chi connectivity index (χ2n) is 5.70. The average Bonchev–Trinajstić information content (AvgIpc) is 3.04. The second-order valence-corrected chi connectivity index (χ2v) is 6.65. The molecule has 2 aliphatic rings. The van der Waals surface area contributed by atoms with Crippen molar-refractivity contribution in [1.29, 1.82) is 0 Å². The molecule has 0 saturated carbocycles. The third kappa shape index (κ3) is 3.12. The van der Waals surface area contributed by atoms with Crippen molar-refractivity contribution < 1.29 is 4.79 Å². The van der Waals surface area contributed by atoms with E-state index in [0.29, 0.717) is 18.6 Å². The first-order valence-corrected chi connectivity index (χ1v) is 8.30. The number of nitrogens with one attached hydrogen (secondary N) is 2. The van der Waals surface area contributed by atoms with Crippen molar-refractivity contribution in [2.75, 3.05) is 13.1 Å². The summed E-state index contributed by atoms with van der Waals surface area (Å²) in [6.07, 6.45) is 4.89. The maximum Gasteiger partial charge on any atom is 0.315 e. The van der Waals surface area contributed by atoms with Gasteiger partial charge in [-0.05, 0) is 32.7 Å². The SMILES string of the molecule is Cc1csc(CNC(=O)N[C@H]2CCN3CCCC[C@H]23)n1. The van der Waals surface area contributed by atoms with Crippen LogP contribution in [0.5, 0.6) is 0 Å². The monoisotopic (exact) mass is 294 g/mol. The number of hydrogen-bond acceptors (Lipinski definition) is 4. The number of piperidine rings is 1. The number of amides is 2. The lowest BCUT2D eigenvalue weighted by Crippen LogP contribution is -2.49. The highest BCUT2D eigenvalue weighted by Gasteiger charge is 2.36. The second kappa shape index (κ2) is 6.10. The van der Waals surface area contributed by atoms with Gasteiger partial charge in [-0.1, -0.05) is 6.42 Å². The van der Waals surface area contributed by atoms with Crippen LogP contribution >= 0.6 is 11.3 Å². The molecule has 1 aromatic heterocycles. The Morgan fingerprint density at radius 2 is 2.35 bits per heavy atom. The van der Waals surface area contributed by atoms with Gasteiger partial charge in [0.2, 0.25) is 0 Å². The number of urea groups is 1. The van der Waals surface area contributed by atoms with Gasteiger partial charge in [0.15, 0.2) is 0 Å². The molecule has 3 heterocycles. The standard InChI is InChI=1S/C14H22N4OS/c1-10-9-20-13(16-10)8-15-14(19)17-11-5-7-18-6-3-2-4-12(11)18/h9,11-12H,2-8H2,1H3,(H2,15,17,19)/t11-,12+/m0/s1. The molecule has 5 nitrogen and oxygen atoms in total. The van der Waals surface area contributed by atoms with Crippen LogP contribution in [-0.2, 0) is 6.54 Å². The molecule has 0 aromatic carbocycles. The van der Waals surface area contributed by atoms with E-state index in [1.54, 1.807) is 11.3 Å². The lowest BCUT2D eigenvalue weighted by atomic mass is 9.99. The van der Waals surface area contributed by atoms with E-state index in [-0.39, 0.29) is 6.03 Å². The molecule has 2 atom stereocenters. The highest BCUT2D eigenvalue weighted by Crippen LogP contribution is 2.26. The minimum Gasteiger partial charge on any atom is -0.334 e. The van der Waals surface area contributed by atoms with Crippen LogP contribution < -0.4 is 10.6 Å². The molecule has 1 aromatic rings. The van der Waals surface area contributed by atoms with Crippen molar-refractivity contribution in [2.24, 2.45) is 0 Å². The predicted octanol–water partition coefficient (Wildman–Crippen LogP) is 1.88.